The Hall–Kier alpha value is -2.13. The maximum atomic E-state index is 13.9. The largest absolute Gasteiger partial charge is 0.390 e. The van der Waals surface area contributed by atoms with Gasteiger partial charge in [0.1, 0.15) is 11.6 Å². The van der Waals surface area contributed by atoms with Gasteiger partial charge in [-0.05, 0) is 70.2 Å². The molecule has 5 rings (SSSR count). The number of unbranched alkanes of at least 4 members (excludes halogenated alkanes) is 1. The summed E-state index contributed by atoms with van der Waals surface area (Å²) < 4.78 is 1.96. The summed E-state index contributed by atoms with van der Waals surface area (Å²) in [6.45, 7) is 9.04. The van der Waals surface area contributed by atoms with Gasteiger partial charge in [-0.15, -0.1) is 12.4 Å². The molecule has 10 heteroatoms. The maximum Gasteiger partial charge on any atom is 0.246 e. The van der Waals surface area contributed by atoms with Crippen molar-refractivity contribution in [3.05, 3.63) is 46.2 Å². The average Bonchev–Trinajstić information content (AvgIpc) is 3.22. The summed E-state index contributed by atoms with van der Waals surface area (Å²) >= 11 is 6.08. The highest BCUT2D eigenvalue weighted by Crippen LogP contribution is 2.38. The van der Waals surface area contributed by atoms with Crippen LogP contribution in [0.25, 0.3) is 5.69 Å². The molecule has 0 bridgehead atoms. The van der Waals surface area contributed by atoms with Crippen LogP contribution in [0.4, 0.5) is 0 Å². The van der Waals surface area contributed by atoms with Crippen molar-refractivity contribution >= 4 is 35.8 Å². The van der Waals surface area contributed by atoms with Gasteiger partial charge in [0, 0.05) is 48.9 Å². The Kier molecular flexibility index (Phi) is 10.1. The highest BCUT2D eigenvalue weighted by molar-refractivity contribution is 6.30. The number of aromatic nitrogens is 2. The number of hydrogen-bond donors (Lipinski definition) is 2. The van der Waals surface area contributed by atoms with Crippen LogP contribution in [0.1, 0.15) is 88.1 Å². The van der Waals surface area contributed by atoms with Crippen LogP contribution in [0.2, 0.25) is 5.02 Å². The van der Waals surface area contributed by atoms with Gasteiger partial charge in [0.25, 0.3) is 0 Å². The molecule has 3 aliphatic rings. The van der Waals surface area contributed by atoms with Gasteiger partial charge in [-0.2, -0.15) is 5.10 Å². The third-order valence-corrected chi connectivity index (χ3v) is 9.74. The molecule has 3 fully saturated rings. The monoisotopic (exact) mass is 605 g/mol. The van der Waals surface area contributed by atoms with Gasteiger partial charge in [-0.3, -0.25) is 14.5 Å². The first kappa shape index (κ1) is 31.8. The molecule has 0 unspecified atom stereocenters. The van der Waals surface area contributed by atoms with Crippen molar-refractivity contribution in [3.8, 4) is 5.69 Å². The molecule has 41 heavy (non-hydrogen) atoms. The minimum atomic E-state index is -0.859. The van der Waals surface area contributed by atoms with Gasteiger partial charge in [-0.1, -0.05) is 44.2 Å². The van der Waals surface area contributed by atoms with Crippen LogP contribution < -0.4 is 5.32 Å². The fourth-order valence-corrected chi connectivity index (χ4v) is 7.11. The molecule has 1 aliphatic carbocycles. The van der Waals surface area contributed by atoms with E-state index < -0.39 is 17.2 Å². The number of hydrogen-bond acceptors (Lipinski definition) is 5. The Morgan fingerprint density at radius 1 is 1.05 bits per heavy atom. The average molecular weight is 607 g/mol. The van der Waals surface area contributed by atoms with Crippen molar-refractivity contribution < 1.29 is 14.7 Å². The van der Waals surface area contributed by atoms with E-state index in [0.29, 0.717) is 43.7 Å². The number of piperidine rings is 1. The molecular weight excluding hydrogens is 561 g/mol. The van der Waals surface area contributed by atoms with E-state index in [1.54, 1.807) is 0 Å². The van der Waals surface area contributed by atoms with E-state index in [-0.39, 0.29) is 24.2 Å². The lowest BCUT2D eigenvalue weighted by Crippen LogP contribution is -2.73. The predicted octanol–water partition coefficient (Wildman–Crippen LogP) is 5.11. The van der Waals surface area contributed by atoms with Crippen molar-refractivity contribution in [1.82, 2.24) is 24.9 Å². The van der Waals surface area contributed by atoms with Crippen LogP contribution in [0.15, 0.2) is 24.3 Å². The Labute approximate surface area is 255 Å². The zero-order valence-corrected chi connectivity index (χ0v) is 26.2. The number of nitrogens with zero attached hydrogens (tertiary/aromatic N) is 4. The molecule has 2 saturated heterocycles. The van der Waals surface area contributed by atoms with E-state index in [2.05, 4.69) is 24.1 Å². The number of likely N-dealkylation sites (tertiary alicyclic amines) is 1. The Morgan fingerprint density at radius 3 is 2.34 bits per heavy atom. The van der Waals surface area contributed by atoms with Crippen LogP contribution in [0.3, 0.4) is 0 Å². The molecule has 2 aliphatic heterocycles. The van der Waals surface area contributed by atoms with Crippen LogP contribution in [-0.2, 0) is 16.1 Å². The number of aryl methyl sites for hydroxylation is 1. The lowest BCUT2D eigenvalue weighted by Gasteiger charge is -2.52. The van der Waals surface area contributed by atoms with Crippen molar-refractivity contribution in [1.29, 1.82) is 0 Å². The SMILES string of the molecule is CCCCN1C(=O)[C@@H](CC2(O)CCCCC2)NC(=O)C12CCN(Cc1c(C)nn(-c3ccc(Cl)cc3)c1C)CC2.Cl. The lowest BCUT2D eigenvalue weighted by molar-refractivity contribution is -0.163. The fraction of sp³-hybridized carbons (Fsp3) is 0.645. The number of benzene rings is 1. The summed E-state index contributed by atoms with van der Waals surface area (Å²) in [4.78, 5) is 31.9. The number of halogens is 2. The summed E-state index contributed by atoms with van der Waals surface area (Å²) in [5.74, 6) is -0.0633. The van der Waals surface area contributed by atoms with Crippen molar-refractivity contribution in [2.45, 2.75) is 109 Å². The first-order valence-electron chi connectivity index (χ1n) is 15.0. The zero-order valence-electron chi connectivity index (χ0n) is 24.6. The van der Waals surface area contributed by atoms with Crippen LogP contribution >= 0.6 is 24.0 Å². The minimum Gasteiger partial charge on any atom is -0.390 e. The van der Waals surface area contributed by atoms with Gasteiger partial charge in [-0.25, -0.2) is 4.68 Å². The van der Waals surface area contributed by atoms with Crippen LogP contribution in [0.5, 0.6) is 0 Å². The number of carbonyl (C=O) groups is 2. The summed E-state index contributed by atoms with van der Waals surface area (Å²) in [6.07, 6.45) is 7.83. The van der Waals surface area contributed by atoms with Gasteiger partial charge >= 0.3 is 0 Å². The second kappa shape index (κ2) is 13.0. The first-order valence-corrected chi connectivity index (χ1v) is 15.4. The standard InChI is InChI=1S/C31H44ClN5O3.ClH/c1-4-5-17-36-28(38)27(20-30(40)13-7-6-8-14-30)33-29(39)31(36)15-18-35(19-16-31)21-26-22(2)34-37(23(26)3)25-11-9-24(32)10-12-25;/h9-12,27,40H,4-8,13-21H2,1-3H3,(H,33,39);1H/t27-;/m1./s1. The van der Waals surface area contributed by atoms with E-state index in [1.165, 1.54) is 5.56 Å². The predicted molar refractivity (Wildman–Crippen MR) is 164 cm³/mol. The van der Waals surface area contributed by atoms with Crippen LogP contribution in [-0.4, -0.2) is 73.3 Å². The molecule has 1 aromatic carbocycles. The van der Waals surface area contributed by atoms with Gasteiger partial charge < -0.3 is 15.3 Å². The molecule has 1 spiro atoms. The number of piperazine rings is 1. The molecule has 226 valence electrons. The molecule has 2 aromatic rings. The van der Waals surface area contributed by atoms with Crippen molar-refractivity contribution in [2.24, 2.45) is 0 Å². The number of amides is 2. The molecule has 2 N–H and O–H groups in total. The smallest absolute Gasteiger partial charge is 0.246 e. The van der Waals surface area contributed by atoms with Crippen molar-refractivity contribution in [3.63, 3.8) is 0 Å². The Morgan fingerprint density at radius 2 is 1.71 bits per heavy atom. The number of carbonyl (C=O) groups excluding carboxylic acids is 2. The second-order valence-corrected chi connectivity index (χ2v) is 12.6. The highest BCUT2D eigenvalue weighted by Gasteiger charge is 2.54. The lowest BCUT2D eigenvalue weighted by atomic mass is 9.77. The summed E-state index contributed by atoms with van der Waals surface area (Å²) in [5.41, 5.74) is 2.59. The molecule has 1 saturated carbocycles. The van der Waals surface area contributed by atoms with Crippen LogP contribution in [0, 0.1) is 13.8 Å². The Bertz CT molecular complexity index is 1220. The maximum absolute atomic E-state index is 13.9. The number of nitrogens with one attached hydrogen (secondary N) is 1. The van der Waals surface area contributed by atoms with E-state index in [9.17, 15) is 14.7 Å². The molecule has 3 heterocycles. The van der Waals surface area contributed by atoms with Gasteiger partial charge in [0.15, 0.2) is 0 Å². The summed E-state index contributed by atoms with van der Waals surface area (Å²) in [5, 5.41) is 19.7. The van der Waals surface area contributed by atoms with E-state index in [4.69, 9.17) is 16.7 Å². The summed E-state index contributed by atoms with van der Waals surface area (Å²) in [7, 11) is 0. The highest BCUT2D eigenvalue weighted by atomic mass is 35.5. The Balaban J connectivity index is 0.00000387. The molecular formula is C31H45Cl2N5O3. The van der Waals surface area contributed by atoms with E-state index >= 15 is 0 Å². The first-order chi connectivity index (χ1) is 19.2. The van der Waals surface area contributed by atoms with Gasteiger partial charge in [0.05, 0.1) is 17.0 Å². The third-order valence-electron chi connectivity index (χ3n) is 9.49. The van der Waals surface area contributed by atoms with E-state index in [1.807, 2.05) is 40.8 Å². The quantitative estimate of drug-likeness (QED) is 0.436. The second-order valence-electron chi connectivity index (χ2n) is 12.2. The van der Waals surface area contributed by atoms with Crippen molar-refractivity contribution in [2.75, 3.05) is 19.6 Å². The minimum absolute atomic E-state index is 0. The van der Waals surface area contributed by atoms with E-state index in [0.717, 1.165) is 68.8 Å². The topological polar surface area (TPSA) is 90.7 Å². The zero-order chi connectivity index (χ0) is 28.5. The number of rotatable bonds is 8. The summed E-state index contributed by atoms with van der Waals surface area (Å²) in [6, 6.07) is 7.05. The third kappa shape index (κ3) is 6.46. The molecule has 1 aromatic heterocycles. The molecule has 1 atom stereocenters. The molecule has 2 amide bonds. The molecule has 8 nitrogen and oxygen atoms in total. The van der Waals surface area contributed by atoms with Gasteiger partial charge in [0.2, 0.25) is 11.8 Å². The molecule has 0 radical (unpaired) electrons. The number of aliphatic hydroxyl groups is 1. The fourth-order valence-electron chi connectivity index (χ4n) is 6.99. The normalized spacial score (nSPS) is 22.5.